The number of amides is 1. The average molecular weight is 467 g/mol. The fourth-order valence-electron chi connectivity index (χ4n) is 3.98. The van der Waals surface area contributed by atoms with Gasteiger partial charge in [-0.25, -0.2) is 15.0 Å². The smallest absolute Gasteiger partial charge is 0.434 e. The number of aliphatic hydroxyl groups excluding tert-OH is 1. The van der Waals surface area contributed by atoms with Crippen molar-refractivity contribution >= 4 is 23.4 Å². The molecule has 0 bridgehead atoms. The first kappa shape index (κ1) is 23.0. The average Bonchev–Trinajstić information content (AvgIpc) is 2.70. The van der Waals surface area contributed by atoms with E-state index in [0.717, 1.165) is 19.0 Å². The summed E-state index contributed by atoms with van der Waals surface area (Å²) in [6.45, 7) is 3.63. The molecule has 1 aliphatic carbocycles. The Balaban J connectivity index is 1.32. The van der Waals surface area contributed by atoms with Crippen LogP contribution in [-0.2, 0) is 11.0 Å². The molecule has 13 heteroatoms. The Kier molecular flexibility index (Phi) is 5.99. The Bertz CT molecular complexity index is 1030. The summed E-state index contributed by atoms with van der Waals surface area (Å²) >= 11 is 0. The molecule has 1 amide bonds. The van der Waals surface area contributed by atoms with E-state index in [2.05, 4.69) is 30.6 Å². The van der Waals surface area contributed by atoms with Crippen LogP contribution >= 0.6 is 0 Å². The number of nitrogens with one attached hydrogen (secondary N) is 2. The number of ether oxygens (including phenoxy) is 1. The zero-order valence-electron chi connectivity index (χ0n) is 18.2. The Morgan fingerprint density at radius 3 is 2.64 bits per heavy atom. The summed E-state index contributed by atoms with van der Waals surface area (Å²) < 4.78 is 43.1. The zero-order valence-corrected chi connectivity index (χ0v) is 18.2. The van der Waals surface area contributed by atoms with E-state index in [1.54, 1.807) is 25.8 Å². The minimum atomic E-state index is -4.53. The first-order valence-corrected chi connectivity index (χ1v) is 10.4. The van der Waals surface area contributed by atoms with E-state index in [0.29, 0.717) is 36.0 Å². The molecule has 1 fully saturated rings. The number of likely N-dealkylation sites (N-methyl/N-ethyl adjacent to an activating group) is 1. The van der Waals surface area contributed by atoms with Crippen molar-refractivity contribution in [2.75, 3.05) is 29.2 Å². The van der Waals surface area contributed by atoms with Gasteiger partial charge in [0, 0.05) is 13.1 Å². The van der Waals surface area contributed by atoms with Crippen LogP contribution in [0, 0.1) is 12.8 Å². The Morgan fingerprint density at radius 1 is 1.30 bits per heavy atom. The summed E-state index contributed by atoms with van der Waals surface area (Å²) in [4.78, 5) is 29.9. The summed E-state index contributed by atoms with van der Waals surface area (Å²) in [5.74, 6) is 0.872. The van der Waals surface area contributed by atoms with Gasteiger partial charge in [-0.15, -0.1) is 0 Å². The Morgan fingerprint density at radius 2 is 2.03 bits per heavy atom. The van der Waals surface area contributed by atoms with Gasteiger partial charge in [0.15, 0.2) is 11.5 Å². The van der Waals surface area contributed by atoms with Gasteiger partial charge in [-0.05, 0) is 32.6 Å². The largest absolute Gasteiger partial charge is 0.476 e. The molecule has 3 heterocycles. The van der Waals surface area contributed by atoms with E-state index >= 15 is 0 Å². The standard InChI is InChI=1S/C20H24F3N7O3/c1-9-15-17(30(3)16(10(2)31)18(32)28-15)29-19(26-9)27-12-4-11(5-12)8-33-14-7-24-13(6-25-14)20(21,22)23/h6-7,10-12,16,31H,4-5,8H2,1-3H3,(H,28,32)(H,26,27,29)/t10-,11-,12+,16+/m1/s1. The van der Waals surface area contributed by atoms with Gasteiger partial charge in [0.05, 0.1) is 30.8 Å². The van der Waals surface area contributed by atoms with Crippen molar-refractivity contribution in [2.45, 2.75) is 51.1 Å². The van der Waals surface area contributed by atoms with Crippen LogP contribution in [-0.4, -0.2) is 62.8 Å². The van der Waals surface area contributed by atoms with Crippen molar-refractivity contribution in [3.63, 3.8) is 0 Å². The van der Waals surface area contributed by atoms with Gasteiger partial charge in [-0.2, -0.15) is 18.2 Å². The quantitative estimate of drug-likeness (QED) is 0.585. The maximum atomic E-state index is 12.5. The van der Waals surface area contributed by atoms with Crippen molar-refractivity contribution in [3.05, 3.63) is 23.8 Å². The molecule has 178 valence electrons. The number of fused-ring (bicyclic) bond motifs is 1. The molecule has 2 aromatic heterocycles. The molecule has 0 saturated heterocycles. The first-order valence-electron chi connectivity index (χ1n) is 10.4. The highest BCUT2D eigenvalue weighted by Crippen LogP contribution is 2.35. The van der Waals surface area contributed by atoms with Gasteiger partial charge in [0.2, 0.25) is 17.7 Å². The fraction of sp³-hybridized carbons (Fsp3) is 0.550. The molecule has 2 aliphatic rings. The van der Waals surface area contributed by atoms with E-state index < -0.39 is 24.0 Å². The predicted octanol–water partition coefficient (Wildman–Crippen LogP) is 2.00. The molecule has 0 aromatic carbocycles. The number of aryl methyl sites for hydroxylation is 1. The fourth-order valence-corrected chi connectivity index (χ4v) is 3.98. The van der Waals surface area contributed by atoms with Gasteiger partial charge in [0.25, 0.3) is 0 Å². The lowest BCUT2D eigenvalue weighted by Gasteiger charge is -2.37. The molecule has 33 heavy (non-hydrogen) atoms. The van der Waals surface area contributed by atoms with Gasteiger partial charge >= 0.3 is 6.18 Å². The predicted molar refractivity (Wildman–Crippen MR) is 112 cm³/mol. The number of carbonyl (C=O) groups excluding carboxylic acids is 1. The monoisotopic (exact) mass is 467 g/mol. The second-order valence-electron chi connectivity index (χ2n) is 8.34. The van der Waals surface area contributed by atoms with Crippen LogP contribution in [0.2, 0.25) is 0 Å². The van der Waals surface area contributed by atoms with Crippen LogP contribution in [0.3, 0.4) is 0 Å². The van der Waals surface area contributed by atoms with Crippen molar-refractivity contribution < 1.29 is 27.8 Å². The van der Waals surface area contributed by atoms with E-state index in [9.17, 15) is 23.1 Å². The highest BCUT2D eigenvalue weighted by atomic mass is 19.4. The molecule has 0 radical (unpaired) electrons. The van der Waals surface area contributed by atoms with Gasteiger partial charge in [-0.3, -0.25) is 4.79 Å². The first-order chi connectivity index (χ1) is 15.5. The molecule has 0 unspecified atom stereocenters. The number of rotatable bonds is 6. The second kappa shape index (κ2) is 8.61. The number of aromatic nitrogens is 4. The van der Waals surface area contributed by atoms with Crippen molar-refractivity contribution in [1.29, 1.82) is 0 Å². The van der Waals surface area contributed by atoms with Crippen molar-refractivity contribution in [2.24, 2.45) is 5.92 Å². The third kappa shape index (κ3) is 4.77. The van der Waals surface area contributed by atoms with Crippen molar-refractivity contribution in [3.8, 4) is 5.88 Å². The summed E-state index contributed by atoms with van der Waals surface area (Å²) in [5.41, 5.74) is 0.0578. The summed E-state index contributed by atoms with van der Waals surface area (Å²) in [7, 11) is 1.70. The van der Waals surface area contributed by atoms with Gasteiger partial charge < -0.3 is 25.4 Å². The summed E-state index contributed by atoms with van der Waals surface area (Å²) in [6.07, 6.45) is -2.27. The van der Waals surface area contributed by atoms with Crippen LogP contribution in [0.1, 0.15) is 31.2 Å². The van der Waals surface area contributed by atoms with E-state index in [1.807, 2.05) is 0 Å². The van der Waals surface area contributed by atoms with Crippen LogP contribution in [0.4, 0.5) is 30.6 Å². The second-order valence-corrected chi connectivity index (χ2v) is 8.34. The number of hydrogen-bond acceptors (Lipinski definition) is 9. The van der Waals surface area contributed by atoms with Crippen LogP contribution in [0.5, 0.6) is 5.88 Å². The molecular formula is C20H24F3N7O3. The molecule has 1 aliphatic heterocycles. The lowest BCUT2D eigenvalue weighted by atomic mass is 9.81. The highest BCUT2D eigenvalue weighted by Gasteiger charge is 2.37. The molecule has 2 atom stereocenters. The normalized spacial score (nSPS) is 23.3. The van der Waals surface area contributed by atoms with E-state index in [-0.39, 0.29) is 23.7 Å². The topological polar surface area (TPSA) is 125 Å². The Labute approximate surface area is 187 Å². The minimum Gasteiger partial charge on any atom is -0.476 e. The van der Waals surface area contributed by atoms with E-state index in [4.69, 9.17) is 4.74 Å². The molecular weight excluding hydrogens is 443 g/mol. The van der Waals surface area contributed by atoms with E-state index in [1.165, 1.54) is 0 Å². The number of aliphatic hydroxyl groups is 1. The van der Waals surface area contributed by atoms with Gasteiger partial charge in [0.1, 0.15) is 11.7 Å². The maximum absolute atomic E-state index is 12.5. The lowest BCUT2D eigenvalue weighted by molar-refractivity contribution is -0.141. The zero-order chi connectivity index (χ0) is 23.9. The molecule has 1 saturated carbocycles. The lowest BCUT2D eigenvalue weighted by Crippen LogP contribution is -2.52. The SMILES string of the molecule is Cc1nc(N[C@H]2C[C@@H](COc3cnc(C(F)(F)F)cn3)C2)nc2c1NC(=O)[C@H]([C@@H](C)O)N2C. The molecule has 2 aromatic rings. The summed E-state index contributed by atoms with van der Waals surface area (Å²) in [6, 6.07) is -0.649. The van der Waals surface area contributed by atoms with Crippen LogP contribution in [0.15, 0.2) is 12.4 Å². The third-order valence-corrected chi connectivity index (χ3v) is 5.75. The maximum Gasteiger partial charge on any atom is 0.434 e. The number of alkyl halides is 3. The van der Waals surface area contributed by atoms with Crippen LogP contribution in [0.25, 0.3) is 0 Å². The van der Waals surface area contributed by atoms with Crippen molar-refractivity contribution in [1.82, 2.24) is 19.9 Å². The summed E-state index contributed by atoms with van der Waals surface area (Å²) in [5, 5.41) is 16.0. The number of anilines is 3. The number of carbonyl (C=O) groups is 1. The number of hydrogen-bond donors (Lipinski definition) is 3. The number of nitrogens with zero attached hydrogens (tertiary/aromatic N) is 5. The molecule has 4 rings (SSSR count). The molecule has 3 N–H and O–H groups in total. The van der Waals surface area contributed by atoms with Crippen LogP contribution < -0.4 is 20.3 Å². The highest BCUT2D eigenvalue weighted by molar-refractivity contribution is 6.03. The molecule has 10 nitrogen and oxygen atoms in total. The van der Waals surface area contributed by atoms with Gasteiger partial charge in [-0.1, -0.05) is 0 Å². The third-order valence-electron chi connectivity index (χ3n) is 5.75. The Hall–Kier alpha value is -3.22. The molecule has 0 spiro atoms. The number of halogens is 3. The minimum absolute atomic E-state index is 0.0470.